The van der Waals surface area contributed by atoms with Crippen LogP contribution in [0.3, 0.4) is 0 Å². The summed E-state index contributed by atoms with van der Waals surface area (Å²) in [5, 5.41) is 21.4. The number of carboxylic acids is 1. The lowest BCUT2D eigenvalue weighted by atomic mass is 9.79. The molecule has 2 aliphatic rings. The monoisotopic (exact) mass is 541 g/mol. The number of carbonyl (C=O) groups is 2. The number of nitrogens with one attached hydrogen (secondary N) is 3. The minimum Gasteiger partial charge on any atom is -0.481 e. The van der Waals surface area contributed by atoms with E-state index in [1.54, 1.807) is 19.3 Å². The molecule has 1 aromatic heterocycles. The molecule has 38 heavy (non-hydrogen) atoms. The minimum atomic E-state index is -0.917. The fourth-order valence-corrected chi connectivity index (χ4v) is 5.15. The molecule has 0 spiro atoms. The van der Waals surface area contributed by atoms with E-state index < -0.39 is 11.9 Å². The summed E-state index contributed by atoms with van der Waals surface area (Å²) in [6.07, 6.45) is 12.3. The molecule has 1 saturated carbocycles. The molecule has 2 heterocycles. The van der Waals surface area contributed by atoms with Crippen LogP contribution in [0.25, 0.3) is 0 Å². The molecule has 10 heteroatoms. The third kappa shape index (κ3) is 7.94. The van der Waals surface area contributed by atoms with Crippen molar-refractivity contribution in [3.8, 4) is 0 Å². The lowest BCUT2D eigenvalue weighted by molar-refractivity contribution is -0.136. The van der Waals surface area contributed by atoms with Gasteiger partial charge in [0.1, 0.15) is 11.5 Å². The third-order valence-electron chi connectivity index (χ3n) is 6.91. The predicted octanol–water partition coefficient (Wildman–Crippen LogP) is 5.02. The number of hydrogen-bond donors (Lipinski definition) is 4. The van der Waals surface area contributed by atoms with E-state index in [-0.39, 0.29) is 23.8 Å². The van der Waals surface area contributed by atoms with Crippen LogP contribution in [0.5, 0.6) is 0 Å². The molecule has 3 rings (SSSR count). The molecule has 0 atom stereocenters. The second-order valence-electron chi connectivity index (χ2n) is 9.58. The molecule has 1 aromatic rings. The number of aromatic nitrogens is 1. The van der Waals surface area contributed by atoms with Gasteiger partial charge < -0.3 is 25.5 Å². The van der Waals surface area contributed by atoms with Crippen molar-refractivity contribution in [3.05, 3.63) is 53.9 Å². The SMILES string of the molecule is C=C/C(=C\C=C/C)Nc1nc(C(=O)NSCCC(=O)O)cc(N2CCC(COC)CC2)c1C(=N)C1CCC1. The number of allylic oxidation sites excluding steroid dienone is 4. The Kier molecular flexibility index (Phi) is 11.4. The molecular weight excluding hydrogens is 502 g/mol. The second-order valence-corrected chi connectivity index (χ2v) is 10.5. The Hall–Kier alpha value is -3.11. The predicted molar refractivity (Wildman–Crippen MR) is 154 cm³/mol. The summed E-state index contributed by atoms with van der Waals surface area (Å²) in [5.74, 6) is 0.0329. The molecule has 1 amide bonds. The number of anilines is 2. The summed E-state index contributed by atoms with van der Waals surface area (Å²) in [4.78, 5) is 30.9. The third-order valence-corrected chi connectivity index (χ3v) is 7.64. The fraction of sp³-hybridized carbons (Fsp3) is 0.500. The zero-order valence-corrected chi connectivity index (χ0v) is 23.1. The first-order chi connectivity index (χ1) is 18.4. The van der Waals surface area contributed by atoms with Crippen molar-refractivity contribution in [1.29, 1.82) is 5.41 Å². The van der Waals surface area contributed by atoms with Crippen LogP contribution in [-0.4, -0.2) is 60.2 Å². The first-order valence-electron chi connectivity index (χ1n) is 13.1. The lowest BCUT2D eigenvalue weighted by Crippen LogP contribution is -2.37. The number of piperidine rings is 1. The van der Waals surface area contributed by atoms with E-state index in [0.717, 1.165) is 75.0 Å². The maximum atomic E-state index is 13.1. The van der Waals surface area contributed by atoms with Gasteiger partial charge in [0.15, 0.2) is 0 Å². The Morgan fingerprint density at radius 1 is 1.32 bits per heavy atom. The van der Waals surface area contributed by atoms with E-state index >= 15 is 0 Å². The number of nitrogens with zero attached hydrogens (tertiary/aromatic N) is 2. The Morgan fingerprint density at radius 2 is 2.05 bits per heavy atom. The zero-order chi connectivity index (χ0) is 27.5. The van der Waals surface area contributed by atoms with Crippen LogP contribution in [0.2, 0.25) is 0 Å². The lowest BCUT2D eigenvalue weighted by Gasteiger charge is -2.36. The highest BCUT2D eigenvalue weighted by molar-refractivity contribution is 7.97. The van der Waals surface area contributed by atoms with Crippen molar-refractivity contribution >= 4 is 41.0 Å². The average Bonchev–Trinajstić information content (AvgIpc) is 2.87. The topological polar surface area (TPSA) is 128 Å². The summed E-state index contributed by atoms with van der Waals surface area (Å²) in [5.41, 5.74) is 3.01. The summed E-state index contributed by atoms with van der Waals surface area (Å²) in [6.45, 7) is 8.14. The van der Waals surface area contributed by atoms with Gasteiger partial charge in [0.05, 0.1) is 17.7 Å². The van der Waals surface area contributed by atoms with Crippen molar-refractivity contribution in [2.75, 3.05) is 42.8 Å². The van der Waals surface area contributed by atoms with Gasteiger partial charge >= 0.3 is 5.97 Å². The molecule has 0 unspecified atom stereocenters. The van der Waals surface area contributed by atoms with Crippen molar-refractivity contribution in [2.45, 2.75) is 45.4 Å². The van der Waals surface area contributed by atoms with Crippen LogP contribution in [0.15, 0.2) is 42.6 Å². The molecule has 0 radical (unpaired) electrons. The summed E-state index contributed by atoms with van der Waals surface area (Å²) < 4.78 is 8.09. The number of hydrogen-bond acceptors (Lipinski definition) is 8. The summed E-state index contributed by atoms with van der Waals surface area (Å²) in [7, 11) is 1.73. The maximum absolute atomic E-state index is 13.1. The largest absolute Gasteiger partial charge is 0.481 e. The molecule has 2 fully saturated rings. The number of amides is 1. The van der Waals surface area contributed by atoms with Crippen LogP contribution in [0, 0.1) is 17.2 Å². The maximum Gasteiger partial charge on any atom is 0.304 e. The Balaban J connectivity index is 2.03. The quantitative estimate of drug-likeness (QED) is 0.112. The second kappa shape index (κ2) is 14.7. The number of rotatable bonds is 14. The zero-order valence-electron chi connectivity index (χ0n) is 22.3. The molecule has 206 valence electrons. The van der Waals surface area contributed by atoms with Gasteiger partial charge in [0.25, 0.3) is 5.91 Å². The molecule has 1 aliphatic carbocycles. The van der Waals surface area contributed by atoms with Crippen LogP contribution in [0.1, 0.15) is 61.5 Å². The summed E-state index contributed by atoms with van der Waals surface area (Å²) >= 11 is 1.05. The van der Waals surface area contributed by atoms with Crippen molar-refractivity contribution in [1.82, 2.24) is 9.71 Å². The van der Waals surface area contributed by atoms with Gasteiger partial charge in [-0.3, -0.25) is 14.3 Å². The van der Waals surface area contributed by atoms with E-state index in [9.17, 15) is 9.59 Å². The Bertz CT molecular complexity index is 1080. The van der Waals surface area contributed by atoms with Gasteiger partial charge in [-0.15, -0.1) is 0 Å². The normalized spacial score (nSPS) is 16.8. The molecule has 0 bridgehead atoms. The van der Waals surface area contributed by atoms with E-state index in [0.29, 0.717) is 23.1 Å². The number of aliphatic carboxylic acids is 1. The number of methoxy groups -OCH3 is 1. The Labute approximate surface area is 229 Å². The smallest absolute Gasteiger partial charge is 0.304 e. The molecule has 1 aliphatic heterocycles. The number of pyridine rings is 1. The average molecular weight is 542 g/mol. The first-order valence-corrected chi connectivity index (χ1v) is 14.1. The van der Waals surface area contributed by atoms with E-state index in [1.807, 2.05) is 25.2 Å². The molecule has 1 saturated heterocycles. The number of ether oxygens (including phenoxy) is 1. The Morgan fingerprint density at radius 3 is 2.63 bits per heavy atom. The highest BCUT2D eigenvalue weighted by atomic mass is 32.2. The van der Waals surface area contributed by atoms with Crippen molar-refractivity contribution < 1.29 is 19.4 Å². The summed E-state index contributed by atoms with van der Waals surface area (Å²) in [6, 6.07) is 1.78. The van der Waals surface area contributed by atoms with Gasteiger partial charge in [-0.25, -0.2) is 4.98 Å². The molecule has 0 aromatic carbocycles. The highest BCUT2D eigenvalue weighted by Gasteiger charge is 2.31. The van der Waals surface area contributed by atoms with Crippen LogP contribution in [0.4, 0.5) is 11.5 Å². The van der Waals surface area contributed by atoms with E-state index in [4.69, 9.17) is 20.2 Å². The van der Waals surface area contributed by atoms with Gasteiger partial charge in [-0.1, -0.05) is 25.2 Å². The molecular formula is C28H39N5O4S. The molecule has 4 N–H and O–H groups in total. The van der Waals surface area contributed by atoms with Gasteiger partial charge in [-0.05, 0) is 68.7 Å². The van der Waals surface area contributed by atoms with E-state index in [1.165, 1.54) is 0 Å². The van der Waals surface area contributed by atoms with E-state index in [2.05, 4.69) is 21.5 Å². The van der Waals surface area contributed by atoms with Crippen LogP contribution < -0.4 is 14.9 Å². The van der Waals surface area contributed by atoms with Gasteiger partial charge in [0, 0.05) is 49.9 Å². The van der Waals surface area contributed by atoms with Gasteiger partial charge in [0.2, 0.25) is 0 Å². The minimum absolute atomic E-state index is 0.0528. The standard InChI is InChI=1S/C28H39N5O4S/c1-4-6-10-21(5-2)30-27-25(26(29)20-8-7-9-20)23(33-14-11-19(12-15-33)18-37-3)17-22(31-27)28(36)32-38-16-13-24(34)35/h4-6,10,17,19-20,29H,2,7-9,11-16,18H2,1,3H3,(H,30,31)(H,32,36)(H,34,35)/b6-4-,21-10+,29-26?. The number of carboxylic acid groups (broad SMARTS) is 1. The van der Waals surface area contributed by atoms with Crippen molar-refractivity contribution in [3.63, 3.8) is 0 Å². The van der Waals surface area contributed by atoms with Crippen molar-refractivity contribution in [2.24, 2.45) is 11.8 Å². The van der Waals surface area contributed by atoms with Gasteiger partial charge in [-0.2, -0.15) is 0 Å². The number of carbonyl (C=O) groups excluding carboxylic acids is 1. The van der Waals surface area contributed by atoms with Crippen LogP contribution in [-0.2, 0) is 9.53 Å². The molecule has 9 nitrogen and oxygen atoms in total. The first kappa shape index (κ1) is 29.4. The fourth-order valence-electron chi connectivity index (χ4n) is 4.54. The highest BCUT2D eigenvalue weighted by Crippen LogP contribution is 2.38. The van der Waals surface area contributed by atoms with Crippen LogP contribution >= 0.6 is 11.9 Å².